The number of fused-ring (bicyclic) bond motifs is 8. The Kier molecular flexibility index (Phi) is 15.4. The lowest BCUT2D eigenvalue weighted by molar-refractivity contribution is -0.137. The average molecular weight is 1110 g/mol. The van der Waals surface area contributed by atoms with Crippen LogP contribution in [0.5, 0.6) is 17.2 Å². The smallest absolute Gasteiger partial charge is 0.276 e. The molecule has 404 valence electrons. The van der Waals surface area contributed by atoms with Crippen LogP contribution in [0, 0.1) is 0 Å². The summed E-state index contributed by atoms with van der Waals surface area (Å²) in [6, 6.07) is 28.9. The van der Waals surface area contributed by atoms with E-state index in [0.717, 1.165) is 39.6 Å². The van der Waals surface area contributed by atoms with Gasteiger partial charge in [0.05, 0.1) is 34.6 Å². The summed E-state index contributed by atoms with van der Waals surface area (Å²) in [6.07, 6.45) is 5.62. The zero-order valence-corrected chi connectivity index (χ0v) is 44.9. The number of benzene rings is 5. The lowest BCUT2D eigenvalue weighted by Crippen LogP contribution is -2.44. The second-order valence-electron chi connectivity index (χ2n) is 20.0. The molecule has 1 unspecified atom stereocenters. The van der Waals surface area contributed by atoms with Gasteiger partial charge in [-0.05, 0) is 104 Å². The zero-order valence-electron chi connectivity index (χ0n) is 42.5. The van der Waals surface area contributed by atoms with Crippen LogP contribution in [0.2, 0.25) is 0 Å². The summed E-state index contributed by atoms with van der Waals surface area (Å²) in [4.78, 5) is 87.1. The van der Waals surface area contributed by atoms with Crippen LogP contribution in [0.3, 0.4) is 0 Å². The molecule has 0 spiro atoms. The first kappa shape index (κ1) is 53.7. The van der Waals surface area contributed by atoms with Crippen molar-refractivity contribution in [1.29, 1.82) is 0 Å². The number of carbonyl (C=O) groups is 6. The number of anilines is 4. The number of aliphatic imine (C=N–C) groups is 1. The maximum atomic E-state index is 13.9. The van der Waals surface area contributed by atoms with Crippen molar-refractivity contribution in [3.63, 3.8) is 0 Å². The van der Waals surface area contributed by atoms with Gasteiger partial charge in [-0.1, -0.05) is 58.0 Å². The quantitative estimate of drug-likeness (QED) is 0.0167. The van der Waals surface area contributed by atoms with Crippen LogP contribution in [0.1, 0.15) is 76.1 Å². The van der Waals surface area contributed by atoms with Crippen LogP contribution >= 0.6 is 21.6 Å². The summed E-state index contributed by atoms with van der Waals surface area (Å²) in [6.45, 7) is 3.98. The number of hydrogen-bond acceptors (Lipinski definition) is 15. The lowest BCUT2D eigenvalue weighted by Gasteiger charge is -2.23. The van der Waals surface area contributed by atoms with Crippen molar-refractivity contribution in [2.45, 2.75) is 81.2 Å². The van der Waals surface area contributed by atoms with Gasteiger partial charge in [0.15, 0.2) is 16.7 Å². The highest BCUT2D eigenvalue weighted by molar-refractivity contribution is 8.77. The van der Waals surface area contributed by atoms with Crippen molar-refractivity contribution in [3.05, 3.63) is 143 Å². The summed E-state index contributed by atoms with van der Waals surface area (Å²) >= 11 is 0. The Morgan fingerprint density at radius 1 is 0.846 bits per heavy atom. The zero-order chi connectivity index (χ0) is 54.9. The fraction of sp³-hybridized carbons (Fsp3) is 0.304. The summed E-state index contributed by atoms with van der Waals surface area (Å²) in [5, 5.41) is 18.3. The molecule has 0 aliphatic carbocycles. The van der Waals surface area contributed by atoms with E-state index in [9.17, 15) is 46.8 Å². The number of hydrogen-bond donors (Lipinski definition) is 5. The number of para-hydroxylation sites is 2. The Balaban J connectivity index is 0.793. The number of imide groups is 1. The van der Waals surface area contributed by atoms with E-state index in [2.05, 4.69) is 16.0 Å². The van der Waals surface area contributed by atoms with Crippen LogP contribution in [-0.4, -0.2) is 112 Å². The van der Waals surface area contributed by atoms with Gasteiger partial charge < -0.3 is 35.4 Å². The van der Waals surface area contributed by atoms with Crippen molar-refractivity contribution in [1.82, 2.24) is 10.2 Å². The van der Waals surface area contributed by atoms with E-state index in [-0.39, 0.29) is 86.2 Å². The van der Waals surface area contributed by atoms with Crippen molar-refractivity contribution >= 4 is 102 Å². The van der Waals surface area contributed by atoms with Gasteiger partial charge >= 0.3 is 0 Å². The highest BCUT2D eigenvalue weighted by atomic mass is 33.1. The average Bonchev–Trinajstić information content (AvgIpc) is 4.26. The van der Waals surface area contributed by atoms with Crippen LogP contribution in [0.4, 0.5) is 28.4 Å². The molecule has 78 heavy (non-hydrogen) atoms. The van der Waals surface area contributed by atoms with E-state index in [4.69, 9.17) is 14.5 Å². The molecule has 0 saturated heterocycles. The predicted molar refractivity (Wildman–Crippen MR) is 299 cm³/mol. The van der Waals surface area contributed by atoms with Gasteiger partial charge in [-0.3, -0.25) is 48.1 Å². The molecule has 5 heterocycles. The topological polar surface area (TPSA) is 254 Å². The third-order valence-corrected chi connectivity index (χ3v) is 18.5. The summed E-state index contributed by atoms with van der Waals surface area (Å²) in [5.41, 5.74) is 7.39. The Morgan fingerprint density at radius 3 is 2.26 bits per heavy atom. The van der Waals surface area contributed by atoms with Crippen molar-refractivity contribution in [2.75, 3.05) is 45.8 Å². The minimum absolute atomic E-state index is 0.0467. The number of aromatic hydroxyl groups is 1. The highest BCUT2D eigenvalue weighted by Gasteiger charge is 2.39. The molecule has 0 bridgehead atoms. The molecule has 5 N–H and O–H groups in total. The van der Waals surface area contributed by atoms with Crippen LogP contribution in [0.15, 0.2) is 114 Å². The van der Waals surface area contributed by atoms with Crippen LogP contribution < -0.4 is 35.2 Å². The number of rotatable bonds is 20. The second kappa shape index (κ2) is 22.4. The molecule has 0 fully saturated rings. The number of amides is 6. The monoisotopic (exact) mass is 1110 g/mol. The van der Waals surface area contributed by atoms with Gasteiger partial charge in [0, 0.05) is 90.5 Å². The molecule has 19 nitrogen and oxygen atoms in total. The van der Waals surface area contributed by atoms with E-state index < -0.39 is 37.8 Å². The fourth-order valence-corrected chi connectivity index (χ4v) is 13.7. The molecule has 5 aromatic carbocycles. The fourth-order valence-electron chi connectivity index (χ4n) is 10.1. The number of phenolic OH excluding ortho intramolecular Hbond substituents is 1. The van der Waals surface area contributed by atoms with E-state index in [1.807, 2.05) is 68.4 Å². The minimum atomic E-state index is -4.79. The maximum Gasteiger partial charge on any atom is 0.276 e. The van der Waals surface area contributed by atoms with E-state index in [0.29, 0.717) is 70.9 Å². The number of nitrogens with zero attached hydrogens (tertiary/aromatic N) is 4. The highest BCUT2D eigenvalue weighted by Crippen LogP contribution is 2.42. The predicted octanol–water partition coefficient (Wildman–Crippen LogP) is 7.40. The molecule has 0 aromatic heterocycles. The van der Waals surface area contributed by atoms with E-state index in [1.54, 1.807) is 52.4 Å². The first-order chi connectivity index (χ1) is 37.4. The van der Waals surface area contributed by atoms with Gasteiger partial charge in [-0.25, -0.2) is 0 Å². The van der Waals surface area contributed by atoms with Crippen molar-refractivity contribution in [3.8, 4) is 17.2 Å². The minimum Gasteiger partial charge on any atom is -0.504 e. The van der Waals surface area contributed by atoms with E-state index in [1.165, 1.54) is 27.7 Å². The molecule has 6 amide bonds. The van der Waals surface area contributed by atoms with Gasteiger partial charge in [0.1, 0.15) is 19.0 Å². The number of phenols is 1. The van der Waals surface area contributed by atoms with Gasteiger partial charge in [0.2, 0.25) is 11.8 Å². The Bertz CT molecular complexity index is 3420. The summed E-state index contributed by atoms with van der Waals surface area (Å²) in [7, 11) is -2.11. The number of ether oxygens (including phenoxy) is 2. The normalized spacial score (nSPS) is 17.5. The Labute approximate surface area is 458 Å². The summed E-state index contributed by atoms with van der Waals surface area (Å²) in [5.74, 6) is -2.19. The van der Waals surface area contributed by atoms with E-state index >= 15 is 0 Å². The van der Waals surface area contributed by atoms with Gasteiger partial charge in [-0.2, -0.15) is 8.42 Å². The first-order valence-electron chi connectivity index (χ1n) is 25.3. The largest absolute Gasteiger partial charge is 0.504 e. The molecular weight excluding hydrogens is 1060 g/mol. The molecule has 22 heteroatoms. The van der Waals surface area contributed by atoms with Gasteiger partial charge in [0.25, 0.3) is 33.7 Å². The molecular formula is C56H55N7O12S3. The maximum absolute atomic E-state index is 13.9. The van der Waals surface area contributed by atoms with Crippen molar-refractivity contribution in [2.24, 2.45) is 4.99 Å². The standard InChI is InChI=1S/C56H55N7O12S3/c1-56(2,77-76-20-16-49(78(71,72)73)53(68)57-18-19-61-51(66)13-14-52(61)67)17-15-50(65)60-37-22-33(31-74-40-11-12-41-43(26-40)58-29-38-24-35-7-3-5-9-45(35)62(38)54(41)69)21-34(23-37)32-75-48-28-44-42(27-47(48)64)55(70)63-39(30-59-44)25-36-8-4-6-10-46(36)63/h3-14,21-23,26-29,38-39,49,59,64H,15-20,24-25,30-32H2,1-2H3,(H,57,68)(H,60,65)(H,71,72,73)/t38-,39-,49?/m0/s1. The molecule has 10 rings (SSSR count). The SMILES string of the molecule is CC(C)(CCC(=O)Nc1cc(COc2ccc3c(c2)N=C[C@@H]2Cc4ccccc4N2C3=O)cc(COc2cc3c(cc2O)C(=O)N2c4ccccc4C[C@H]2CN3)c1)SSCCC(C(=O)NCCN1C(=O)C=CC1=O)S(=O)(=O)O. The third kappa shape index (κ3) is 11.8. The van der Waals surface area contributed by atoms with Gasteiger partial charge in [-0.15, -0.1) is 0 Å². The Morgan fingerprint density at radius 2 is 1.53 bits per heavy atom. The molecule has 3 atom stereocenters. The lowest BCUT2D eigenvalue weighted by atomic mass is 10.1. The molecule has 0 radical (unpaired) electrons. The molecule has 0 saturated carbocycles. The van der Waals surface area contributed by atoms with Crippen LogP contribution in [0.25, 0.3) is 0 Å². The Hall–Kier alpha value is -7.66. The summed E-state index contributed by atoms with van der Waals surface area (Å²) < 4.78 is 46.2. The molecule has 5 aliphatic heterocycles. The van der Waals surface area contributed by atoms with Crippen LogP contribution in [-0.2, 0) is 55.4 Å². The molecule has 5 aliphatic rings. The number of carbonyl (C=O) groups excluding carboxylic acids is 6. The van der Waals surface area contributed by atoms with Crippen molar-refractivity contribution < 1.29 is 56.3 Å². The second-order valence-corrected chi connectivity index (χ2v) is 24.7. The molecule has 5 aromatic rings. The number of nitrogens with one attached hydrogen (secondary N) is 3. The third-order valence-electron chi connectivity index (χ3n) is 14.0. The first-order valence-corrected chi connectivity index (χ1v) is 29.1.